The van der Waals surface area contributed by atoms with Gasteiger partial charge in [-0.2, -0.15) is 13.2 Å². The largest absolute Gasteiger partial charge is 0.488 e. The maximum atomic E-state index is 12.5. The van der Waals surface area contributed by atoms with Crippen molar-refractivity contribution < 1.29 is 23.0 Å². The van der Waals surface area contributed by atoms with Crippen LogP contribution in [0.3, 0.4) is 0 Å². The van der Waals surface area contributed by atoms with Gasteiger partial charge in [0.2, 0.25) is 0 Å². The van der Waals surface area contributed by atoms with Crippen LogP contribution < -0.4 is 10.1 Å². The number of aliphatic hydroxyl groups is 1. The number of aliphatic hydroxyl groups excluding tert-OH is 1. The van der Waals surface area contributed by atoms with Crippen LogP contribution >= 0.6 is 0 Å². The lowest BCUT2D eigenvalue weighted by Crippen LogP contribution is -2.46. The summed E-state index contributed by atoms with van der Waals surface area (Å²) in [5, 5.41) is 12.6. The molecular weight excluding hydrogens is 247 g/mol. The molecule has 1 aromatic rings. The lowest BCUT2D eigenvalue weighted by atomic mass is 10.1. The Labute approximate surface area is 103 Å². The van der Waals surface area contributed by atoms with Gasteiger partial charge in [0.25, 0.3) is 0 Å². The van der Waals surface area contributed by atoms with Crippen LogP contribution in [0.2, 0.25) is 0 Å². The first-order valence-corrected chi connectivity index (χ1v) is 5.69. The molecule has 1 aliphatic rings. The number of hydrogen-bond acceptors (Lipinski definition) is 3. The minimum atomic E-state index is -4.38. The van der Waals surface area contributed by atoms with Gasteiger partial charge in [-0.25, -0.2) is 0 Å². The summed E-state index contributed by atoms with van der Waals surface area (Å²) >= 11 is 0. The van der Waals surface area contributed by atoms with Crippen molar-refractivity contribution in [2.24, 2.45) is 0 Å². The number of hydrogen-bond donors (Lipinski definition) is 2. The summed E-state index contributed by atoms with van der Waals surface area (Å²) in [5.74, 6) is 0.135. The summed E-state index contributed by atoms with van der Waals surface area (Å²) in [5.41, 5.74) is -0.747. The van der Waals surface area contributed by atoms with E-state index in [2.05, 4.69) is 5.32 Å². The van der Waals surface area contributed by atoms with Gasteiger partial charge in [-0.1, -0.05) is 6.07 Å². The minimum absolute atomic E-state index is 0.135. The summed E-state index contributed by atoms with van der Waals surface area (Å²) in [6.45, 7) is 1.07. The average Bonchev–Trinajstić information content (AvgIpc) is 2.31. The fourth-order valence-electron chi connectivity index (χ4n) is 1.88. The van der Waals surface area contributed by atoms with Crippen molar-refractivity contribution in [3.8, 4) is 5.75 Å². The molecule has 2 N–H and O–H groups in total. The van der Waals surface area contributed by atoms with Crippen LogP contribution in [0.1, 0.15) is 12.0 Å². The van der Waals surface area contributed by atoms with Crippen LogP contribution in [0.5, 0.6) is 5.75 Å². The standard InChI is InChI=1S/C12H14F3NO2/c13-12(14,15)8-2-1-3-9(6-8)18-11-4-5-16-7-10(11)17/h1-3,6,10-11,16-17H,4-5,7H2/t10-,11-/m1/s1. The first-order chi connectivity index (χ1) is 8.47. The zero-order valence-corrected chi connectivity index (χ0v) is 9.57. The van der Waals surface area contributed by atoms with Crippen molar-refractivity contribution in [1.82, 2.24) is 5.32 Å². The van der Waals surface area contributed by atoms with E-state index in [1.165, 1.54) is 12.1 Å². The molecule has 1 saturated heterocycles. The van der Waals surface area contributed by atoms with Gasteiger partial charge < -0.3 is 15.2 Å². The summed E-state index contributed by atoms with van der Waals surface area (Å²) in [6.07, 6.45) is -4.98. The molecule has 18 heavy (non-hydrogen) atoms. The average molecular weight is 261 g/mol. The van der Waals surface area contributed by atoms with Crippen LogP contribution in [0.4, 0.5) is 13.2 Å². The Balaban J connectivity index is 2.09. The maximum absolute atomic E-state index is 12.5. The quantitative estimate of drug-likeness (QED) is 0.853. The fourth-order valence-corrected chi connectivity index (χ4v) is 1.88. The lowest BCUT2D eigenvalue weighted by molar-refractivity contribution is -0.137. The third-order valence-electron chi connectivity index (χ3n) is 2.84. The summed E-state index contributed by atoms with van der Waals surface area (Å²) in [4.78, 5) is 0. The molecule has 0 amide bonds. The Morgan fingerprint density at radius 2 is 2.11 bits per heavy atom. The predicted molar refractivity (Wildman–Crippen MR) is 59.4 cm³/mol. The molecule has 2 atom stereocenters. The fraction of sp³-hybridized carbons (Fsp3) is 0.500. The molecule has 3 nitrogen and oxygen atoms in total. The van der Waals surface area contributed by atoms with Gasteiger partial charge in [0.1, 0.15) is 18.0 Å². The first kappa shape index (κ1) is 13.2. The number of ether oxygens (including phenoxy) is 1. The second-order valence-electron chi connectivity index (χ2n) is 4.24. The van der Waals surface area contributed by atoms with Crippen molar-refractivity contribution in [3.05, 3.63) is 29.8 Å². The maximum Gasteiger partial charge on any atom is 0.416 e. The third-order valence-corrected chi connectivity index (χ3v) is 2.84. The van der Waals surface area contributed by atoms with E-state index in [-0.39, 0.29) is 5.75 Å². The van der Waals surface area contributed by atoms with E-state index in [4.69, 9.17) is 4.74 Å². The monoisotopic (exact) mass is 261 g/mol. The van der Waals surface area contributed by atoms with E-state index >= 15 is 0 Å². The molecule has 0 saturated carbocycles. The van der Waals surface area contributed by atoms with Crippen molar-refractivity contribution in [2.45, 2.75) is 24.8 Å². The number of β-amino-alcohol motifs (C(OH)–C–C–N with tert-alkyl or cyclic N) is 1. The Hall–Kier alpha value is -1.27. The highest BCUT2D eigenvalue weighted by molar-refractivity contribution is 5.30. The predicted octanol–water partition coefficient (Wildman–Crippen LogP) is 1.81. The Kier molecular flexibility index (Phi) is 3.77. The summed E-state index contributed by atoms with van der Waals surface area (Å²) in [7, 11) is 0. The molecule has 0 aliphatic carbocycles. The number of nitrogens with one attached hydrogen (secondary N) is 1. The summed E-state index contributed by atoms with van der Waals surface area (Å²) < 4.78 is 42.9. The second kappa shape index (κ2) is 5.16. The van der Waals surface area contributed by atoms with Gasteiger partial charge in [0.15, 0.2) is 0 Å². The molecule has 6 heteroatoms. The van der Waals surface area contributed by atoms with E-state index in [9.17, 15) is 18.3 Å². The van der Waals surface area contributed by atoms with Crippen LogP contribution in [-0.4, -0.2) is 30.4 Å². The third kappa shape index (κ3) is 3.14. The lowest BCUT2D eigenvalue weighted by Gasteiger charge is -2.29. The molecule has 1 aromatic carbocycles. The Morgan fingerprint density at radius 1 is 1.33 bits per heavy atom. The molecular formula is C12H14F3NO2. The van der Waals surface area contributed by atoms with E-state index in [1.807, 2.05) is 0 Å². The second-order valence-corrected chi connectivity index (χ2v) is 4.24. The Morgan fingerprint density at radius 3 is 2.78 bits per heavy atom. The van der Waals surface area contributed by atoms with Gasteiger partial charge in [-0.3, -0.25) is 0 Å². The number of benzene rings is 1. The van der Waals surface area contributed by atoms with Crippen molar-refractivity contribution >= 4 is 0 Å². The van der Waals surface area contributed by atoms with Crippen LogP contribution in [0, 0.1) is 0 Å². The van der Waals surface area contributed by atoms with Crippen molar-refractivity contribution in [1.29, 1.82) is 0 Å². The SMILES string of the molecule is O[C@@H]1CNCC[C@H]1Oc1cccc(C(F)(F)F)c1. The van der Waals surface area contributed by atoms with E-state index in [0.717, 1.165) is 12.1 Å². The zero-order chi connectivity index (χ0) is 13.2. The molecule has 0 unspecified atom stereocenters. The molecule has 0 bridgehead atoms. The highest BCUT2D eigenvalue weighted by atomic mass is 19.4. The van der Waals surface area contributed by atoms with Crippen LogP contribution in [0.25, 0.3) is 0 Å². The normalized spacial score (nSPS) is 24.9. The zero-order valence-electron chi connectivity index (χ0n) is 9.57. The van der Waals surface area contributed by atoms with E-state index < -0.39 is 23.9 Å². The van der Waals surface area contributed by atoms with Gasteiger partial charge in [0, 0.05) is 6.54 Å². The molecule has 2 rings (SSSR count). The topological polar surface area (TPSA) is 41.5 Å². The molecule has 1 aliphatic heterocycles. The highest BCUT2D eigenvalue weighted by Crippen LogP contribution is 2.31. The number of rotatable bonds is 2. The van der Waals surface area contributed by atoms with E-state index in [0.29, 0.717) is 19.5 Å². The molecule has 1 heterocycles. The first-order valence-electron chi connectivity index (χ1n) is 5.69. The van der Waals surface area contributed by atoms with Gasteiger partial charge in [-0.15, -0.1) is 0 Å². The summed E-state index contributed by atoms with van der Waals surface area (Å²) in [6, 6.07) is 4.70. The Bertz CT molecular complexity index is 409. The molecule has 100 valence electrons. The van der Waals surface area contributed by atoms with Crippen molar-refractivity contribution in [3.63, 3.8) is 0 Å². The number of halogens is 3. The van der Waals surface area contributed by atoms with Crippen LogP contribution in [-0.2, 0) is 6.18 Å². The highest BCUT2D eigenvalue weighted by Gasteiger charge is 2.31. The smallest absolute Gasteiger partial charge is 0.416 e. The number of alkyl halides is 3. The van der Waals surface area contributed by atoms with Gasteiger partial charge in [0.05, 0.1) is 5.56 Å². The molecule has 1 fully saturated rings. The molecule has 0 aromatic heterocycles. The minimum Gasteiger partial charge on any atom is -0.488 e. The number of piperidine rings is 1. The molecule has 0 spiro atoms. The van der Waals surface area contributed by atoms with Gasteiger partial charge >= 0.3 is 6.18 Å². The molecule has 0 radical (unpaired) electrons. The van der Waals surface area contributed by atoms with Crippen LogP contribution in [0.15, 0.2) is 24.3 Å². The van der Waals surface area contributed by atoms with Gasteiger partial charge in [-0.05, 0) is 31.2 Å². The van der Waals surface area contributed by atoms with E-state index in [1.54, 1.807) is 0 Å². The van der Waals surface area contributed by atoms with Crippen molar-refractivity contribution in [2.75, 3.05) is 13.1 Å².